The second-order valence-corrected chi connectivity index (χ2v) is 19.7. The summed E-state index contributed by atoms with van der Waals surface area (Å²) in [6.45, 7) is 4.09. The van der Waals surface area contributed by atoms with E-state index in [1.807, 2.05) is 26.0 Å². The van der Waals surface area contributed by atoms with Crippen LogP contribution >= 0.6 is 0 Å². The van der Waals surface area contributed by atoms with Gasteiger partial charge in [-0.05, 0) is 0 Å². The molecule has 0 aliphatic carbocycles. The van der Waals surface area contributed by atoms with E-state index < -0.39 is 31.1 Å². The van der Waals surface area contributed by atoms with E-state index in [0.29, 0.717) is 42.3 Å². The second kappa shape index (κ2) is 15.4. The molecule has 0 aromatic heterocycles. The number of ketones is 2. The van der Waals surface area contributed by atoms with E-state index >= 15 is 0 Å². The van der Waals surface area contributed by atoms with E-state index in [9.17, 15) is 19.2 Å². The Morgan fingerprint density at radius 2 is 0.767 bits per heavy atom. The Labute approximate surface area is 258 Å². The Morgan fingerprint density at radius 3 is 1.09 bits per heavy atom. The molecule has 4 aromatic rings. The molecule has 0 saturated carbocycles. The van der Waals surface area contributed by atoms with E-state index in [1.165, 1.54) is 0 Å². The topological polar surface area (TPSA) is 86.7 Å². The molecule has 0 fully saturated rings. The molecule has 4 rings (SSSR count). The number of benzene rings is 4. The number of rotatable bonds is 14. The number of carbonyl (C=O) groups excluding carboxylic acids is 4. The van der Waals surface area contributed by atoms with Gasteiger partial charge in [-0.1, -0.05) is 0 Å². The van der Waals surface area contributed by atoms with Crippen molar-refractivity contribution < 1.29 is 25.3 Å². The first kappa shape index (κ1) is 31.9. The fourth-order valence-corrected chi connectivity index (χ4v) is 14.4. The summed E-state index contributed by atoms with van der Waals surface area (Å²) in [5, 5.41) is 0. The molecular weight excluding hydrogens is 647 g/mol. The van der Waals surface area contributed by atoms with Crippen molar-refractivity contribution in [2.75, 3.05) is 0 Å². The summed E-state index contributed by atoms with van der Waals surface area (Å²) in [7, 11) is 0. The fourth-order valence-electron chi connectivity index (χ4n) is 4.73. The second-order valence-electron chi connectivity index (χ2n) is 10.4. The van der Waals surface area contributed by atoms with Crippen LogP contribution in [0.3, 0.4) is 0 Å². The molecule has 6 nitrogen and oxygen atoms in total. The van der Waals surface area contributed by atoms with Gasteiger partial charge in [-0.15, -0.1) is 0 Å². The van der Waals surface area contributed by atoms with Crippen molar-refractivity contribution in [2.45, 2.75) is 48.4 Å². The van der Waals surface area contributed by atoms with Gasteiger partial charge in [0.2, 0.25) is 0 Å². The minimum atomic E-state index is -4.30. The summed E-state index contributed by atoms with van der Waals surface area (Å²) in [6.07, 6.45) is 3.28. The fraction of sp³-hybridized carbons (Fsp3) is 0.222. The zero-order valence-corrected chi connectivity index (χ0v) is 27.4. The number of hydrogen-bond donors (Lipinski definition) is 0. The van der Waals surface area contributed by atoms with Gasteiger partial charge in [0.05, 0.1) is 0 Å². The van der Waals surface area contributed by atoms with Crippen LogP contribution in [-0.2, 0) is 6.15 Å². The predicted octanol–water partition coefficient (Wildman–Crippen LogP) is 8.20. The van der Waals surface area contributed by atoms with Crippen molar-refractivity contribution in [3.05, 3.63) is 143 Å². The van der Waals surface area contributed by atoms with Crippen molar-refractivity contribution in [2.24, 2.45) is 0 Å². The zero-order chi connectivity index (χ0) is 30.7. The third-order valence-corrected chi connectivity index (χ3v) is 16.8. The summed E-state index contributed by atoms with van der Waals surface area (Å²) in [5.41, 5.74) is 2.68. The van der Waals surface area contributed by atoms with Crippen molar-refractivity contribution in [3.8, 4) is 0 Å². The van der Waals surface area contributed by atoms with Crippen LogP contribution in [0.15, 0.2) is 109 Å². The first-order chi connectivity index (χ1) is 20.9. The molecule has 0 spiro atoms. The molecule has 4 aromatic carbocycles. The molecule has 0 N–H and O–H groups in total. The quantitative estimate of drug-likeness (QED) is 0.0984. The van der Waals surface area contributed by atoms with Crippen molar-refractivity contribution >= 4 is 42.7 Å². The Balaban J connectivity index is 1.52. The Hall–Kier alpha value is -4.04. The summed E-state index contributed by atoms with van der Waals surface area (Å²) >= 11 is -4.30. The molecule has 0 radical (unpaired) electrons. The SMILES string of the molecule is CCC[CH2][Sn]([CH2]CCC)([O]C(=O)c1ccc(C(=O)c2ccccc2)cc1)[O]C(=O)c1ccc(C(=O)c2ccccc2)cc1. The van der Waals surface area contributed by atoms with E-state index in [1.54, 1.807) is 97.1 Å². The van der Waals surface area contributed by atoms with Crippen LogP contribution in [0.4, 0.5) is 0 Å². The van der Waals surface area contributed by atoms with E-state index in [4.69, 9.17) is 6.15 Å². The van der Waals surface area contributed by atoms with Crippen LogP contribution in [0.5, 0.6) is 0 Å². The third-order valence-electron chi connectivity index (χ3n) is 7.22. The molecule has 7 heteroatoms. The van der Waals surface area contributed by atoms with Crippen LogP contribution in [-0.4, -0.2) is 42.7 Å². The van der Waals surface area contributed by atoms with Crippen molar-refractivity contribution in [3.63, 3.8) is 0 Å². The molecule has 0 saturated heterocycles. The van der Waals surface area contributed by atoms with Crippen LogP contribution in [0.2, 0.25) is 8.87 Å². The predicted molar refractivity (Wildman–Crippen MR) is 169 cm³/mol. The average molecular weight is 683 g/mol. The molecular formula is C36H36O6Sn. The van der Waals surface area contributed by atoms with Gasteiger partial charge in [-0.25, -0.2) is 0 Å². The summed E-state index contributed by atoms with van der Waals surface area (Å²) in [6, 6.07) is 30.7. The Kier molecular flexibility index (Phi) is 11.4. The van der Waals surface area contributed by atoms with E-state index in [2.05, 4.69) is 0 Å². The van der Waals surface area contributed by atoms with Gasteiger partial charge in [-0.3, -0.25) is 0 Å². The Bertz CT molecular complexity index is 1410. The van der Waals surface area contributed by atoms with Gasteiger partial charge in [-0.2, -0.15) is 0 Å². The van der Waals surface area contributed by atoms with Crippen LogP contribution in [0.25, 0.3) is 0 Å². The van der Waals surface area contributed by atoms with Crippen molar-refractivity contribution in [1.29, 1.82) is 0 Å². The van der Waals surface area contributed by atoms with Gasteiger partial charge < -0.3 is 0 Å². The monoisotopic (exact) mass is 684 g/mol. The van der Waals surface area contributed by atoms with Gasteiger partial charge in [0, 0.05) is 0 Å². The number of carbonyl (C=O) groups is 4. The molecule has 0 unspecified atom stereocenters. The normalized spacial score (nSPS) is 11.0. The molecule has 0 atom stereocenters. The minimum absolute atomic E-state index is 0.134. The van der Waals surface area contributed by atoms with E-state index in [0.717, 1.165) is 25.7 Å². The third kappa shape index (κ3) is 8.51. The first-order valence-corrected chi connectivity index (χ1v) is 21.1. The molecule has 0 aliphatic rings. The Morgan fingerprint density at radius 1 is 0.465 bits per heavy atom. The maximum atomic E-state index is 13.4. The van der Waals surface area contributed by atoms with Gasteiger partial charge >= 0.3 is 259 Å². The molecule has 0 heterocycles. The summed E-state index contributed by atoms with van der Waals surface area (Å²) in [4.78, 5) is 52.4. The molecule has 43 heavy (non-hydrogen) atoms. The van der Waals surface area contributed by atoms with Crippen LogP contribution in [0, 0.1) is 0 Å². The van der Waals surface area contributed by atoms with Crippen LogP contribution < -0.4 is 0 Å². The summed E-state index contributed by atoms with van der Waals surface area (Å²) < 4.78 is 13.5. The standard InChI is InChI=1S/2C14H10O3.2C4H9.Sn/c2*15-13(10-4-2-1-3-5-10)11-6-8-12(9-7-11)14(16)17;2*1-3-4-2;/h2*1-9H,(H,16,17);2*1,3-4H2,2H3;/q;;;;+2/p-2. The van der Waals surface area contributed by atoms with Gasteiger partial charge in [0.15, 0.2) is 0 Å². The number of hydrogen-bond acceptors (Lipinski definition) is 6. The van der Waals surface area contributed by atoms with E-state index in [-0.39, 0.29) is 11.6 Å². The molecule has 220 valence electrons. The summed E-state index contributed by atoms with van der Waals surface area (Å²) in [5.74, 6) is -1.35. The van der Waals surface area contributed by atoms with Gasteiger partial charge in [0.25, 0.3) is 0 Å². The van der Waals surface area contributed by atoms with Gasteiger partial charge in [0.1, 0.15) is 0 Å². The molecule has 0 amide bonds. The molecule has 0 aliphatic heterocycles. The number of unbranched alkanes of at least 4 members (excludes halogenated alkanes) is 2. The zero-order valence-electron chi connectivity index (χ0n) is 24.6. The molecule has 0 bridgehead atoms. The first-order valence-electron chi connectivity index (χ1n) is 14.7. The maximum absolute atomic E-state index is 13.4. The van der Waals surface area contributed by atoms with Crippen molar-refractivity contribution in [1.82, 2.24) is 0 Å². The average Bonchev–Trinajstić information content (AvgIpc) is 3.06. The van der Waals surface area contributed by atoms with Crippen LogP contribution in [0.1, 0.15) is 92.1 Å².